The molecule has 2 rings (SSSR count). The van der Waals surface area contributed by atoms with Crippen molar-refractivity contribution in [2.75, 3.05) is 10.6 Å². The Morgan fingerprint density at radius 1 is 0.696 bits per heavy atom. The van der Waals surface area contributed by atoms with Crippen molar-refractivity contribution in [2.45, 2.75) is 6.42 Å². The van der Waals surface area contributed by atoms with Crippen molar-refractivity contribution in [3.05, 3.63) is 59.7 Å². The monoisotopic (exact) mass is 326 g/mol. The van der Waals surface area contributed by atoms with E-state index in [1.165, 1.54) is 0 Å². The molecule has 23 heavy (non-hydrogen) atoms. The molecule has 2 aromatic rings. The average Bonchev–Trinajstić information content (AvgIpc) is 2.46. The lowest BCUT2D eigenvalue weighted by atomic mass is 10.2. The Balaban J connectivity index is 1.92. The molecule has 8 heteroatoms. The summed E-state index contributed by atoms with van der Waals surface area (Å²) in [4.78, 5) is 23.2. The fraction of sp³-hybridized carbons (Fsp3) is 0.0667. The van der Waals surface area contributed by atoms with E-state index in [0.29, 0.717) is 0 Å². The molecule has 0 unspecified atom stereocenters. The maximum absolute atomic E-state index is 13.0. The molecule has 0 fully saturated rings. The number of halogens is 4. The van der Waals surface area contributed by atoms with Crippen molar-refractivity contribution in [1.29, 1.82) is 0 Å². The zero-order valence-corrected chi connectivity index (χ0v) is 11.5. The molecular weight excluding hydrogens is 316 g/mol. The Kier molecular flexibility index (Phi) is 4.95. The maximum Gasteiger partial charge on any atom is 0.233 e. The molecule has 0 spiro atoms. The molecule has 0 aromatic heterocycles. The van der Waals surface area contributed by atoms with Crippen LogP contribution in [0.25, 0.3) is 0 Å². The molecule has 0 aliphatic rings. The van der Waals surface area contributed by atoms with Crippen molar-refractivity contribution >= 4 is 23.2 Å². The average molecular weight is 326 g/mol. The number of hydrogen-bond acceptors (Lipinski definition) is 2. The van der Waals surface area contributed by atoms with Crippen LogP contribution in [0, 0.1) is 23.3 Å². The normalized spacial score (nSPS) is 10.3. The van der Waals surface area contributed by atoms with E-state index in [-0.39, 0.29) is 11.4 Å². The van der Waals surface area contributed by atoms with E-state index in [1.54, 1.807) is 0 Å². The van der Waals surface area contributed by atoms with Crippen LogP contribution < -0.4 is 10.6 Å². The molecule has 0 aliphatic heterocycles. The zero-order chi connectivity index (χ0) is 17.0. The van der Waals surface area contributed by atoms with E-state index in [0.717, 1.165) is 36.4 Å². The third kappa shape index (κ3) is 4.53. The van der Waals surface area contributed by atoms with Gasteiger partial charge in [-0.25, -0.2) is 17.6 Å². The van der Waals surface area contributed by atoms with Crippen LogP contribution in [0.5, 0.6) is 0 Å². The smallest absolute Gasteiger partial charge is 0.233 e. The lowest BCUT2D eigenvalue weighted by Crippen LogP contribution is -2.21. The fourth-order valence-electron chi connectivity index (χ4n) is 1.70. The Hall–Kier alpha value is -2.90. The standard InChI is InChI=1S/C15H10F4N2O2/c16-10-3-1-8(5-12(10)18)20-14(22)7-15(23)21-9-2-4-11(17)13(19)6-9/h1-6H,7H2,(H,20,22)(H,21,23). The highest BCUT2D eigenvalue weighted by Crippen LogP contribution is 2.15. The second kappa shape index (κ2) is 6.91. The van der Waals surface area contributed by atoms with Gasteiger partial charge in [-0.15, -0.1) is 0 Å². The summed E-state index contributed by atoms with van der Waals surface area (Å²) in [7, 11) is 0. The molecule has 0 aliphatic carbocycles. The highest BCUT2D eigenvalue weighted by Gasteiger charge is 2.12. The van der Waals surface area contributed by atoms with Gasteiger partial charge in [-0.3, -0.25) is 9.59 Å². The number of benzene rings is 2. The summed E-state index contributed by atoms with van der Waals surface area (Å²) >= 11 is 0. The van der Waals surface area contributed by atoms with Crippen LogP contribution in [-0.2, 0) is 9.59 Å². The quantitative estimate of drug-likeness (QED) is 0.669. The van der Waals surface area contributed by atoms with Gasteiger partial charge in [0.15, 0.2) is 23.3 Å². The first kappa shape index (κ1) is 16.5. The lowest BCUT2D eigenvalue weighted by molar-refractivity contribution is -0.123. The second-order valence-corrected chi connectivity index (χ2v) is 4.53. The van der Waals surface area contributed by atoms with E-state index >= 15 is 0 Å². The minimum atomic E-state index is -1.14. The Morgan fingerprint density at radius 3 is 1.43 bits per heavy atom. The number of carbonyl (C=O) groups excluding carboxylic acids is 2. The summed E-state index contributed by atoms with van der Waals surface area (Å²) in [5.41, 5.74) is -0.0379. The summed E-state index contributed by atoms with van der Waals surface area (Å²) in [5, 5.41) is 4.41. The Morgan fingerprint density at radius 2 is 1.09 bits per heavy atom. The topological polar surface area (TPSA) is 58.2 Å². The van der Waals surface area contributed by atoms with Crippen LogP contribution >= 0.6 is 0 Å². The summed E-state index contributed by atoms with van der Waals surface area (Å²) in [6.45, 7) is 0. The molecule has 0 radical (unpaired) electrons. The summed E-state index contributed by atoms with van der Waals surface area (Å²) in [5.74, 6) is -5.99. The van der Waals surface area contributed by atoms with Gasteiger partial charge in [0.2, 0.25) is 11.8 Å². The van der Waals surface area contributed by atoms with Gasteiger partial charge in [0.25, 0.3) is 0 Å². The van der Waals surface area contributed by atoms with E-state index in [4.69, 9.17) is 0 Å². The molecule has 0 saturated carbocycles. The Bertz CT molecular complexity index is 702. The third-order valence-electron chi connectivity index (χ3n) is 2.73. The first-order valence-electron chi connectivity index (χ1n) is 6.35. The maximum atomic E-state index is 13.0. The van der Waals surface area contributed by atoms with Gasteiger partial charge in [0, 0.05) is 23.5 Å². The number of rotatable bonds is 4. The van der Waals surface area contributed by atoms with Gasteiger partial charge in [-0.05, 0) is 24.3 Å². The highest BCUT2D eigenvalue weighted by atomic mass is 19.2. The number of amides is 2. The summed E-state index contributed by atoms with van der Waals surface area (Å²) < 4.78 is 51.4. The van der Waals surface area contributed by atoms with Crippen LogP contribution in [0.3, 0.4) is 0 Å². The molecule has 2 aromatic carbocycles. The van der Waals surface area contributed by atoms with Crippen LogP contribution in [-0.4, -0.2) is 11.8 Å². The predicted molar refractivity (Wildman–Crippen MR) is 74.6 cm³/mol. The second-order valence-electron chi connectivity index (χ2n) is 4.53. The molecule has 4 nitrogen and oxygen atoms in total. The van der Waals surface area contributed by atoms with Crippen LogP contribution in [0.1, 0.15) is 6.42 Å². The molecule has 0 bridgehead atoms. The minimum Gasteiger partial charge on any atom is -0.326 e. The van der Waals surface area contributed by atoms with Gasteiger partial charge in [0.05, 0.1) is 0 Å². The number of carbonyl (C=O) groups is 2. The first-order valence-corrected chi connectivity index (χ1v) is 6.35. The highest BCUT2D eigenvalue weighted by molar-refractivity contribution is 6.08. The number of anilines is 2. The fourth-order valence-corrected chi connectivity index (χ4v) is 1.70. The van der Waals surface area contributed by atoms with Gasteiger partial charge in [-0.2, -0.15) is 0 Å². The van der Waals surface area contributed by atoms with Gasteiger partial charge >= 0.3 is 0 Å². The molecule has 0 atom stereocenters. The SMILES string of the molecule is O=C(CC(=O)Nc1ccc(F)c(F)c1)Nc1ccc(F)c(F)c1. The largest absolute Gasteiger partial charge is 0.326 e. The summed E-state index contributed by atoms with van der Waals surface area (Å²) in [6, 6.07) is 5.44. The van der Waals surface area contributed by atoms with Gasteiger partial charge < -0.3 is 10.6 Å². The summed E-state index contributed by atoms with van der Waals surface area (Å²) in [6.07, 6.45) is -0.641. The van der Waals surface area contributed by atoms with Crippen molar-refractivity contribution in [3.8, 4) is 0 Å². The van der Waals surface area contributed by atoms with E-state index < -0.39 is 41.5 Å². The van der Waals surface area contributed by atoms with Crippen molar-refractivity contribution in [3.63, 3.8) is 0 Å². The number of nitrogens with one attached hydrogen (secondary N) is 2. The van der Waals surface area contributed by atoms with E-state index in [1.807, 2.05) is 0 Å². The van der Waals surface area contributed by atoms with Crippen LogP contribution in [0.15, 0.2) is 36.4 Å². The van der Waals surface area contributed by atoms with E-state index in [9.17, 15) is 27.2 Å². The lowest BCUT2D eigenvalue weighted by Gasteiger charge is -2.07. The molecule has 2 amide bonds. The van der Waals surface area contributed by atoms with Crippen molar-refractivity contribution in [1.82, 2.24) is 0 Å². The predicted octanol–water partition coefficient (Wildman–Crippen LogP) is 3.21. The Labute approximate surface area is 128 Å². The molecular formula is C15H10F4N2O2. The first-order chi connectivity index (χ1) is 10.8. The van der Waals surface area contributed by atoms with Crippen LogP contribution in [0.4, 0.5) is 28.9 Å². The minimum absolute atomic E-state index is 0.0190. The third-order valence-corrected chi connectivity index (χ3v) is 2.73. The molecule has 0 heterocycles. The van der Waals surface area contributed by atoms with Gasteiger partial charge in [-0.1, -0.05) is 0 Å². The van der Waals surface area contributed by atoms with Crippen molar-refractivity contribution < 1.29 is 27.2 Å². The molecule has 0 saturated heterocycles. The van der Waals surface area contributed by atoms with Gasteiger partial charge in [0.1, 0.15) is 6.42 Å². The van der Waals surface area contributed by atoms with E-state index in [2.05, 4.69) is 10.6 Å². The zero-order valence-electron chi connectivity index (χ0n) is 11.5. The van der Waals surface area contributed by atoms with Crippen LogP contribution in [0.2, 0.25) is 0 Å². The van der Waals surface area contributed by atoms with Crippen molar-refractivity contribution in [2.24, 2.45) is 0 Å². The molecule has 2 N–H and O–H groups in total. The number of hydrogen-bond donors (Lipinski definition) is 2. The molecule has 120 valence electrons.